The van der Waals surface area contributed by atoms with E-state index in [-0.39, 0.29) is 17.3 Å². The largest absolute Gasteiger partial charge is 0.467 e. The summed E-state index contributed by atoms with van der Waals surface area (Å²) in [4.78, 5) is 12.7. The summed E-state index contributed by atoms with van der Waals surface area (Å²) in [6.07, 6.45) is 3.58. The first kappa shape index (κ1) is 17.7. The molecule has 2 aromatic rings. The predicted octanol–water partition coefficient (Wildman–Crippen LogP) is 2.31. The lowest BCUT2D eigenvalue weighted by Gasteiger charge is -2.23. The van der Waals surface area contributed by atoms with Crippen LogP contribution in [0.2, 0.25) is 0 Å². The van der Waals surface area contributed by atoms with Gasteiger partial charge in [0.2, 0.25) is 15.9 Å². The molecule has 25 heavy (non-hydrogen) atoms. The van der Waals surface area contributed by atoms with Crippen LogP contribution >= 0.6 is 0 Å². The van der Waals surface area contributed by atoms with E-state index in [1.807, 2.05) is 19.1 Å². The number of hydrogen-bond acceptors (Lipinski definition) is 4. The van der Waals surface area contributed by atoms with E-state index >= 15 is 0 Å². The molecule has 1 aromatic carbocycles. The van der Waals surface area contributed by atoms with E-state index in [4.69, 9.17) is 4.42 Å². The van der Waals surface area contributed by atoms with Gasteiger partial charge in [-0.1, -0.05) is 19.1 Å². The highest BCUT2D eigenvalue weighted by Crippen LogP contribution is 2.26. The lowest BCUT2D eigenvalue weighted by molar-refractivity contribution is -0.124. The third-order valence-electron chi connectivity index (χ3n) is 4.46. The van der Waals surface area contributed by atoms with Crippen LogP contribution in [0.15, 0.2) is 52.0 Å². The molecule has 3 rings (SSSR count). The van der Waals surface area contributed by atoms with Crippen LogP contribution in [0.25, 0.3) is 0 Å². The number of benzene rings is 1. The number of furan rings is 1. The van der Waals surface area contributed by atoms with Gasteiger partial charge in [-0.2, -0.15) is 4.31 Å². The maximum Gasteiger partial charge on any atom is 0.243 e. The number of hydrogen-bond donors (Lipinski definition) is 1. The van der Waals surface area contributed by atoms with Crippen molar-refractivity contribution < 1.29 is 17.6 Å². The van der Waals surface area contributed by atoms with E-state index in [0.29, 0.717) is 25.1 Å². The van der Waals surface area contributed by atoms with Crippen LogP contribution in [0.5, 0.6) is 0 Å². The molecule has 1 saturated heterocycles. The highest BCUT2D eigenvalue weighted by Gasteiger charge is 2.39. The molecule has 1 amide bonds. The van der Waals surface area contributed by atoms with Crippen LogP contribution in [-0.4, -0.2) is 31.2 Å². The van der Waals surface area contributed by atoms with Crippen LogP contribution in [-0.2, 0) is 27.8 Å². The standard InChI is InChI=1S/C18H22N2O4S/c1-2-14-7-9-16(10-8-14)25(22,23)20-11-3-6-17(20)18(21)19-13-15-5-4-12-24-15/h4-5,7-10,12,17H,2-3,6,11,13H2,1H3,(H,19,21). The molecular weight excluding hydrogens is 340 g/mol. The van der Waals surface area contributed by atoms with E-state index < -0.39 is 16.1 Å². The minimum atomic E-state index is -3.68. The topological polar surface area (TPSA) is 79.6 Å². The number of carbonyl (C=O) groups excluding carboxylic acids is 1. The van der Waals surface area contributed by atoms with E-state index in [1.54, 1.807) is 24.3 Å². The van der Waals surface area contributed by atoms with Crippen LogP contribution < -0.4 is 5.32 Å². The molecule has 0 aliphatic carbocycles. The minimum absolute atomic E-state index is 0.232. The molecule has 134 valence electrons. The molecule has 1 aromatic heterocycles. The summed E-state index contributed by atoms with van der Waals surface area (Å²) in [5.41, 5.74) is 1.08. The summed E-state index contributed by atoms with van der Waals surface area (Å²) in [7, 11) is -3.68. The van der Waals surface area contributed by atoms with Crippen LogP contribution in [0, 0.1) is 0 Å². The SMILES string of the molecule is CCc1ccc(S(=O)(=O)N2CCCC2C(=O)NCc2ccco2)cc1. The Hall–Kier alpha value is -2.12. The van der Waals surface area contributed by atoms with Gasteiger partial charge < -0.3 is 9.73 Å². The summed E-state index contributed by atoms with van der Waals surface area (Å²) >= 11 is 0. The number of aryl methyl sites for hydroxylation is 1. The maximum atomic E-state index is 12.9. The number of nitrogens with zero attached hydrogens (tertiary/aromatic N) is 1. The van der Waals surface area contributed by atoms with Crippen LogP contribution in [0.4, 0.5) is 0 Å². The first-order valence-corrected chi connectivity index (χ1v) is 9.87. The number of carbonyl (C=O) groups is 1. The summed E-state index contributed by atoms with van der Waals surface area (Å²) in [5, 5.41) is 2.76. The Balaban J connectivity index is 1.73. The second-order valence-electron chi connectivity index (χ2n) is 6.07. The highest BCUT2D eigenvalue weighted by atomic mass is 32.2. The molecular formula is C18H22N2O4S. The zero-order valence-corrected chi connectivity index (χ0v) is 15.0. The Labute approximate surface area is 147 Å². The second-order valence-corrected chi connectivity index (χ2v) is 7.96. The van der Waals surface area contributed by atoms with E-state index in [1.165, 1.54) is 10.6 Å². The second kappa shape index (κ2) is 7.41. The zero-order chi connectivity index (χ0) is 17.9. The van der Waals surface area contributed by atoms with Crippen molar-refractivity contribution in [1.29, 1.82) is 0 Å². The van der Waals surface area contributed by atoms with Crippen LogP contribution in [0.3, 0.4) is 0 Å². The zero-order valence-electron chi connectivity index (χ0n) is 14.1. The van der Waals surface area contributed by atoms with Crippen molar-refractivity contribution in [3.63, 3.8) is 0 Å². The summed E-state index contributed by atoms with van der Waals surface area (Å²) in [6.45, 7) is 2.63. The van der Waals surface area contributed by atoms with E-state index in [0.717, 1.165) is 12.0 Å². The Morgan fingerprint density at radius 1 is 1.28 bits per heavy atom. The minimum Gasteiger partial charge on any atom is -0.467 e. The fourth-order valence-corrected chi connectivity index (χ4v) is 4.68. The summed E-state index contributed by atoms with van der Waals surface area (Å²) in [5.74, 6) is 0.346. The molecule has 0 saturated carbocycles. The van der Waals surface area contributed by atoms with Crippen molar-refractivity contribution in [3.8, 4) is 0 Å². The van der Waals surface area contributed by atoms with E-state index in [2.05, 4.69) is 5.32 Å². The molecule has 1 fully saturated rings. The average Bonchev–Trinajstić information content (AvgIpc) is 3.31. The Kier molecular flexibility index (Phi) is 5.24. The van der Waals surface area contributed by atoms with Crippen molar-refractivity contribution in [1.82, 2.24) is 9.62 Å². The van der Waals surface area contributed by atoms with Gasteiger partial charge in [0.25, 0.3) is 0 Å². The van der Waals surface area contributed by atoms with Crippen molar-refractivity contribution in [2.75, 3.05) is 6.54 Å². The maximum absolute atomic E-state index is 12.9. The molecule has 6 nitrogen and oxygen atoms in total. The number of rotatable bonds is 6. The smallest absolute Gasteiger partial charge is 0.243 e. The summed E-state index contributed by atoms with van der Waals surface area (Å²) in [6, 6.07) is 9.69. The Morgan fingerprint density at radius 2 is 2.04 bits per heavy atom. The molecule has 0 radical (unpaired) electrons. The number of amides is 1. The van der Waals surface area contributed by atoms with Gasteiger partial charge in [-0.15, -0.1) is 0 Å². The third kappa shape index (κ3) is 3.77. The van der Waals surface area contributed by atoms with Crippen molar-refractivity contribution in [2.24, 2.45) is 0 Å². The molecule has 0 bridgehead atoms. The van der Waals surface area contributed by atoms with Gasteiger partial charge in [-0.3, -0.25) is 4.79 Å². The van der Waals surface area contributed by atoms with Gasteiger partial charge in [0, 0.05) is 6.54 Å². The van der Waals surface area contributed by atoms with Gasteiger partial charge in [0.15, 0.2) is 0 Å². The molecule has 1 atom stereocenters. The van der Waals surface area contributed by atoms with Crippen molar-refractivity contribution >= 4 is 15.9 Å². The number of nitrogens with one attached hydrogen (secondary N) is 1. The van der Waals surface area contributed by atoms with Gasteiger partial charge in [0.1, 0.15) is 11.8 Å². The Morgan fingerprint density at radius 3 is 2.68 bits per heavy atom. The number of sulfonamides is 1. The van der Waals surface area contributed by atoms with E-state index in [9.17, 15) is 13.2 Å². The summed E-state index contributed by atoms with van der Waals surface area (Å²) < 4.78 is 32.3. The van der Waals surface area contributed by atoms with Gasteiger partial charge in [0.05, 0.1) is 17.7 Å². The molecule has 1 N–H and O–H groups in total. The highest BCUT2D eigenvalue weighted by molar-refractivity contribution is 7.89. The lowest BCUT2D eigenvalue weighted by atomic mass is 10.2. The molecule has 7 heteroatoms. The quantitative estimate of drug-likeness (QED) is 0.855. The molecule has 0 spiro atoms. The monoisotopic (exact) mass is 362 g/mol. The lowest BCUT2D eigenvalue weighted by Crippen LogP contribution is -2.45. The van der Waals surface area contributed by atoms with Gasteiger partial charge in [-0.25, -0.2) is 8.42 Å². The predicted molar refractivity (Wildman–Crippen MR) is 93.3 cm³/mol. The fraction of sp³-hybridized carbons (Fsp3) is 0.389. The molecule has 1 unspecified atom stereocenters. The van der Waals surface area contributed by atoms with Crippen molar-refractivity contribution in [2.45, 2.75) is 43.7 Å². The molecule has 2 heterocycles. The van der Waals surface area contributed by atoms with Crippen molar-refractivity contribution in [3.05, 3.63) is 54.0 Å². The normalized spacial score (nSPS) is 18.4. The average molecular weight is 362 g/mol. The van der Waals surface area contributed by atoms with Crippen LogP contribution in [0.1, 0.15) is 31.1 Å². The molecule has 1 aliphatic heterocycles. The Bertz CT molecular complexity index is 813. The molecule has 1 aliphatic rings. The third-order valence-corrected chi connectivity index (χ3v) is 6.38. The first-order valence-electron chi connectivity index (χ1n) is 8.43. The van der Waals surface area contributed by atoms with Gasteiger partial charge in [-0.05, 0) is 49.1 Å². The van der Waals surface area contributed by atoms with Gasteiger partial charge >= 0.3 is 0 Å². The first-order chi connectivity index (χ1) is 12.0. The fourth-order valence-electron chi connectivity index (χ4n) is 3.03.